The zero-order chi connectivity index (χ0) is 16.5. The Labute approximate surface area is 140 Å². The number of esters is 1. The number of methoxy groups -OCH3 is 1. The summed E-state index contributed by atoms with van der Waals surface area (Å²) in [6, 6.07) is 0. The van der Waals surface area contributed by atoms with Crippen LogP contribution in [0.3, 0.4) is 0 Å². The molecule has 0 aromatic rings. The van der Waals surface area contributed by atoms with E-state index in [-0.39, 0.29) is 5.97 Å². The molecule has 0 aromatic heterocycles. The molecule has 2 fully saturated rings. The van der Waals surface area contributed by atoms with E-state index in [0.29, 0.717) is 6.42 Å². The van der Waals surface area contributed by atoms with Crippen LogP contribution in [0.5, 0.6) is 0 Å². The number of guanidine groups is 1. The van der Waals surface area contributed by atoms with Crippen molar-refractivity contribution in [3.8, 4) is 0 Å². The Morgan fingerprint density at radius 1 is 1.13 bits per heavy atom. The molecule has 1 N–H and O–H groups in total. The van der Waals surface area contributed by atoms with Crippen LogP contribution in [0.15, 0.2) is 4.99 Å². The third kappa shape index (κ3) is 5.70. The van der Waals surface area contributed by atoms with Crippen LogP contribution in [0.2, 0.25) is 0 Å². The van der Waals surface area contributed by atoms with Crippen molar-refractivity contribution in [2.24, 2.45) is 16.8 Å². The quantitative estimate of drug-likeness (QED) is 0.339. The van der Waals surface area contributed by atoms with E-state index in [1.807, 2.05) is 7.05 Å². The van der Waals surface area contributed by atoms with E-state index in [1.54, 1.807) is 0 Å². The summed E-state index contributed by atoms with van der Waals surface area (Å²) < 4.78 is 4.65. The van der Waals surface area contributed by atoms with Gasteiger partial charge in [-0.05, 0) is 37.5 Å². The molecule has 132 valence electrons. The van der Waals surface area contributed by atoms with Crippen molar-refractivity contribution in [2.75, 3.05) is 33.8 Å². The summed E-state index contributed by atoms with van der Waals surface area (Å²) in [4.78, 5) is 17.9. The maximum absolute atomic E-state index is 11.0. The number of fused-ring (bicyclic) bond motifs is 1. The molecule has 2 aliphatic rings. The highest BCUT2D eigenvalue weighted by molar-refractivity contribution is 5.80. The first-order valence-corrected chi connectivity index (χ1v) is 9.27. The van der Waals surface area contributed by atoms with Gasteiger partial charge in [-0.25, -0.2) is 0 Å². The molecule has 23 heavy (non-hydrogen) atoms. The SMILES string of the molecule is CN=C(NCCCCCCC(=O)OC)N1CC2CCCCC2C1. The summed E-state index contributed by atoms with van der Waals surface area (Å²) in [5.74, 6) is 2.76. The highest BCUT2D eigenvalue weighted by atomic mass is 16.5. The number of carbonyl (C=O) groups excluding carboxylic acids is 1. The molecule has 5 nitrogen and oxygen atoms in total. The fourth-order valence-electron chi connectivity index (χ4n) is 3.96. The van der Waals surface area contributed by atoms with E-state index in [9.17, 15) is 4.79 Å². The minimum atomic E-state index is -0.0981. The summed E-state index contributed by atoms with van der Waals surface area (Å²) >= 11 is 0. The highest BCUT2D eigenvalue weighted by Crippen LogP contribution is 2.35. The van der Waals surface area contributed by atoms with Crippen LogP contribution in [0.1, 0.15) is 57.8 Å². The Morgan fingerprint density at radius 3 is 2.39 bits per heavy atom. The monoisotopic (exact) mass is 323 g/mol. The Morgan fingerprint density at radius 2 is 1.78 bits per heavy atom. The van der Waals surface area contributed by atoms with Crippen molar-refractivity contribution in [3.05, 3.63) is 0 Å². The van der Waals surface area contributed by atoms with Gasteiger partial charge in [0.1, 0.15) is 0 Å². The molecule has 0 aromatic carbocycles. The second kappa shape index (κ2) is 9.78. The number of likely N-dealkylation sites (tertiary alicyclic amines) is 1. The molecule has 2 rings (SSSR count). The fraction of sp³-hybridized carbons (Fsp3) is 0.889. The van der Waals surface area contributed by atoms with Gasteiger partial charge in [0.15, 0.2) is 5.96 Å². The second-order valence-electron chi connectivity index (χ2n) is 6.92. The van der Waals surface area contributed by atoms with E-state index >= 15 is 0 Å². The van der Waals surface area contributed by atoms with E-state index in [1.165, 1.54) is 45.9 Å². The summed E-state index contributed by atoms with van der Waals surface area (Å²) in [6.45, 7) is 3.34. The Balaban J connectivity index is 1.58. The van der Waals surface area contributed by atoms with Gasteiger partial charge in [0.2, 0.25) is 0 Å². The lowest BCUT2D eigenvalue weighted by molar-refractivity contribution is -0.140. The van der Waals surface area contributed by atoms with Crippen LogP contribution in [-0.4, -0.2) is 50.6 Å². The van der Waals surface area contributed by atoms with Crippen molar-refractivity contribution in [2.45, 2.75) is 57.8 Å². The summed E-state index contributed by atoms with van der Waals surface area (Å²) in [5.41, 5.74) is 0. The number of ether oxygens (including phenoxy) is 1. The van der Waals surface area contributed by atoms with Gasteiger partial charge in [-0.1, -0.05) is 25.7 Å². The Hall–Kier alpha value is -1.26. The van der Waals surface area contributed by atoms with Crippen molar-refractivity contribution >= 4 is 11.9 Å². The van der Waals surface area contributed by atoms with E-state index in [4.69, 9.17) is 0 Å². The van der Waals surface area contributed by atoms with Crippen LogP contribution in [-0.2, 0) is 9.53 Å². The third-order valence-corrected chi connectivity index (χ3v) is 5.31. The topological polar surface area (TPSA) is 53.9 Å². The summed E-state index contributed by atoms with van der Waals surface area (Å²) in [6.07, 6.45) is 10.4. The molecule has 0 bridgehead atoms. The van der Waals surface area contributed by atoms with Crippen molar-refractivity contribution in [3.63, 3.8) is 0 Å². The van der Waals surface area contributed by atoms with Crippen LogP contribution >= 0.6 is 0 Å². The van der Waals surface area contributed by atoms with E-state index in [2.05, 4.69) is 19.9 Å². The molecule has 1 saturated carbocycles. The molecule has 0 spiro atoms. The lowest BCUT2D eigenvalue weighted by Gasteiger charge is -2.22. The molecule has 2 unspecified atom stereocenters. The smallest absolute Gasteiger partial charge is 0.305 e. The first kappa shape index (κ1) is 18.1. The maximum Gasteiger partial charge on any atom is 0.305 e. The minimum absolute atomic E-state index is 0.0981. The molecular weight excluding hydrogens is 290 g/mol. The van der Waals surface area contributed by atoms with E-state index in [0.717, 1.165) is 50.0 Å². The van der Waals surface area contributed by atoms with Gasteiger partial charge < -0.3 is 15.0 Å². The largest absolute Gasteiger partial charge is 0.469 e. The molecule has 1 heterocycles. The predicted octanol–water partition coefficient (Wildman–Crippen LogP) is 2.81. The first-order valence-electron chi connectivity index (χ1n) is 9.27. The first-order chi connectivity index (χ1) is 11.2. The number of unbranched alkanes of at least 4 members (excludes halogenated alkanes) is 3. The molecule has 5 heteroatoms. The van der Waals surface area contributed by atoms with Crippen molar-refractivity contribution in [1.29, 1.82) is 0 Å². The molecule has 2 atom stereocenters. The van der Waals surface area contributed by atoms with Gasteiger partial charge in [-0.2, -0.15) is 0 Å². The normalized spacial score (nSPS) is 24.4. The highest BCUT2D eigenvalue weighted by Gasteiger charge is 2.35. The third-order valence-electron chi connectivity index (χ3n) is 5.31. The van der Waals surface area contributed by atoms with Crippen LogP contribution in [0, 0.1) is 11.8 Å². The zero-order valence-electron chi connectivity index (χ0n) is 14.9. The lowest BCUT2D eigenvalue weighted by Crippen LogP contribution is -2.40. The summed E-state index contributed by atoms with van der Waals surface area (Å²) in [7, 11) is 3.34. The number of rotatable bonds is 7. The lowest BCUT2D eigenvalue weighted by atomic mass is 9.82. The number of aliphatic imine (C=N–C) groups is 1. The number of hydrogen-bond acceptors (Lipinski definition) is 3. The number of carbonyl (C=O) groups is 1. The van der Waals surface area contributed by atoms with E-state index < -0.39 is 0 Å². The number of hydrogen-bond donors (Lipinski definition) is 1. The average molecular weight is 323 g/mol. The Kier molecular flexibility index (Phi) is 7.69. The van der Waals surface area contributed by atoms with Gasteiger partial charge in [0, 0.05) is 33.1 Å². The standard InChI is InChI=1S/C18H33N3O2/c1-19-18(20-12-8-4-3-5-11-17(22)23-2)21-13-15-9-6-7-10-16(15)14-21/h15-16H,3-14H2,1-2H3,(H,19,20). The average Bonchev–Trinajstić information content (AvgIpc) is 3.00. The van der Waals surface area contributed by atoms with Gasteiger partial charge in [-0.15, -0.1) is 0 Å². The molecule has 1 saturated heterocycles. The number of nitrogens with one attached hydrogen (secondary N) is 1. The fourth-order valence-corrected chi connectivity index (χ4v) is 3.96. The van der Waals surface area contributed by atoms with Crippen molar-refractivity contribution < 1.29 is 9.53 Å². The second-order valence-corrected chi connectivity index (χ2v) is 6.92. The molecule has 1 aliphatic heterocycles. The summed E-state index contributed by atoms with van der Waals surface area (Å²) in [5, 5.41) is 3.52. The van der Waals surface area contributed by atoms with Gasteiger partial charge in [-0.3, -0.25) is 9.79 Å². The van der Waals surface area contributed by atoms with Gasteiger partial charge in [0.05, 0.1) is 7.11 Å². The Bertz CT molecular complexity index is 384. The van der Waals surface area contributed by atoms with Gasteiger partial charge >= 0.3 is 5.97 Å². The van der Waals surface area contributed by atoms with Crippen LogP contribution < -0.4 is 5.32 Å². The molecular formula is C18H33N3O2. The minimum Gasteiger partial charge on any atom is -0.469 e. The predicted molar refractivity (Wildman–Crippen MR) is 93.5 cm³/mol. The van der Waals surface area contributed by atoms with Crippen LogP contribution in [0.4, 0.5) is 0 Å². The zero-order valence-corrected chi connectivity index (χ0v) is 14.9. The molecule has 0 radical (unpaired) electrons. The number of nitrogens with zero attached hydrogens (tertiary/aromatic N) is 2. The van der Waals surface area contributed by atoms with Crippen LogP contribution in [0.25, 0.3) is 0 Å². The maximum atomic E-state index is 11.0. The molecule has 0 amide bonds. The molecule has 1 aliphatic carbocycles. The van der Waals surface area contributed by atoms with Crippen molar-refractivity contribution in [1.82, 2.24) is 10.2 Å². The van der Waals surface area contributed by atoms with Gasteiger partial charge in [0.25, 0.3) is 0 Å².